The molecule has 0 saturated carbocycles. The molecule has 0 fully saturated rings. The number of esters is 2. The Morgan fingerprint density at radius 3 is 1.71 bits per heavy atom. The van der Waals surface area contributed by atoms with E-state index < -0.39 is 0 Å². The van der Waals surface area contributed by atoms with E-state index in [4.69, 9.17) is 9.47 Å². The molecule has 4 nitrogen and oxygen atoms in total. The Hall–Kier alpha value is -1.84. The van der Waals surface area contributed by atoms with Gasteiger partial charge in [0.2, 0.25) is 0 Å². The molecule has 0 N–H and O–H groups in total. The summed E-state index contributed by atoms with van der Waals surface area (Å²) in [7, 11) is 0. The van der Waals surface area contributed by atoms with Crippen molar-refractivity contribution in [2.45, 2.75) is 142 Å². The van der Waals surface area contributed by atoms with Crippen LogP contribution in [0.1, 0.15) is 135 Å². The van der Waals surface area contributed by atoms with Gasteiger partial charge in [0.05, 0.1) is 0 Å². The number of carbonyl (C=O) groups is 2. The van der Waals surface area contributed by atoms with Gasteiger partial charge in [-0.1, -0.05) is 108 Å². The summed E-state index contributed by atoms with van der Waals surface area (Å²) in [5, 5.41) is 0. The molecule has 1 aromatic rings. The highest BCUT2D eigenvalue weighted by atomic mass is 16.5. The third kappa shape index (κ3) is 17.6. The van der Waals surface area contributed by atoms with Crippen molar-refractivity contribution in [1.29, 1.82) is 0 Å². The molecule has 0 bridgehead atoms. The summed E-state index contributed by atoms with van der Waals surface area (Å²) in [6, 6.07) is 9.68. The van der Waals surface area contributed by atoms with Crippen molar-refractivity contribution >= 4 is 11.9 Å². The standard InChI is InChI=1S/C30H50O4/c1-3-5-7-9-11-16-22-28(23-17-12-10-8-6-4-2)34-30(32)25-19-18-24-29(31)33-26-27-20-14-13-15-21-27/h13-15,20-21,28H,3-12,16-19,22-26H2,1-2H3. The molecule has 1 rings (SSSR count). The highest BCUT2D eigenvalue weighted by Crippen LogP contribution is 2.18. The van der Waals surface area contributed by atoms with Gasteiger partial charge in [-0.05, 0) is 44.1 Å². The van der Waals surface area contributed by atoms with Crippen LogP contribution in [0.25, 0.3) is 0 Å². The minimum atomic E-state index is -0.207. The van der Waals surface area contributed by atoms with Crippen molar-refractivity contribution in [2.75, 3.05) is 0 Å². The Labute approximate surface area is 209 Å². The van der Waals surface area contributed by atoms with Crippen LogP contribution in [0.2, 0.25) is 0 Å². The molecule has 0 aliphatic heterocycles. The summed E-state index contributed by atoms with van der Waals surface area (Å²) in [4.78, 5) is 24.3. The second kappa shape index (κ2) is 21.7. The van der Waals surface area contributed by atoms with Gasteiger partial charge in [-0.25, -0.2) is 0 Å². The molecule has 0 saturated heterocycles. The first-order chi connectivity index (χ1) is 16.7. The zero-order valence-electron chi connectivity index (χ0n) is 22.0. The molecule has 4 heteroatoms. The van der Waals surface area contributed by atoms with Crippen LogP contribution in [0.5, 0.6) is 0 Å². The molecule has 0 amide bonds. The van der Waals surface area contributed by atoms with Gasteiger partial charge in [0.1, 0.15) is 12.7 Å². The summed E-state index contributed by atoms with van der Waals surface area (Å²) in [6.45, 7) is 4.79. The van der Waals surface area contributed by atoms with E-state index in [-0.39, 0.29) is 18.0 Å². The second-order valence-electron chi connectivity index (χ2n) is 9.58. The molecule has 0 spiro atoms. The first-order valence-electron chi connectivity index (χ1n) is 14.0. The molecule has 0 aromatic heterocycles. The first kappa shape index (κ1) is 30.2. The quantitative estimate of drug-likeness (QED) is 0.124. The predicted molar refractivity (Wildman–Crippen MR) is 141 cm³/mol. The monoisotopic (exact) mass is 474 g/mol. The van der Waals surface area contributed by atoms with Crippen molar-refractivity contribution in [3.8, 4) is 0 Å². The Kier molecular flexibility index (Phi) is 19.2. The fourth-order valence-electron chi connectivity index (χ4n) is 4.16. The van der Waals surface area contributed by atoms with E-state index in [9.17, 15) is 9.59 Å². The van der Waals surface area contributed by atoms with E-state index >= 15 is 0 Å². The lowest BCUT2D eigenvalue weighted by molar-refractivity contribution is -0.150. The van der Waals surface area contributed by atoms with Gasteiger partial charge in [-0.2, -0.15) is 0 Å². The van der Waals surface area contributed by atoms with Crippen LogP contribution < -0.4 is 0 Å². The Bertz CT molecular complexity index is 597. The topological polar surface area (TPSA) is 52.6 Å². The third-order valence-corrected chi connectivity index (χ3v) is 6.31. The first-order valence-corrected chi connectivity index (χ1v) is 14.0. The highest BCUT2D eigenvalue weighted by Gasteiger charge is 2.14. The number of ether oxygens (including phenoxy) is 2. The van der Waals surface area contributed by atoms with Crippen LogP contribution in [0.3, 0.4) is 0 Å². The Morgan fingerprint density at radius 1 is 0.647 bits per heavy atom. The lowest BCUT2D eigenvalue weighted by atomic mass is 10.0. The van der Waals surface area contributed by atoms with Crippen molar-refractivity contribution in [3.05, 3.63) is 35.9 Å². The SMILES string of the molecule is CCCCCCCCC(CCCCCCCC)OC(=O)CCCCC(=O)OCc1ccccc1. The molecule has 0 aliphatic carbocycles. The molecule has 1 aromatic carbocycles. The number of hydrogen-bond donors (Lipinski definition) is 0. The molecule has 194 valence electrons. The minimum absolute atomic E-state index is 0.0562. The van der Waals surface area contributed by atoms with Crippen LogP contribution in [-0.4, -0.2) is 18.0 Å². The summed E-state index contributed by atoms with van der Waals surface area (Å²) >= 11 is 0. The van der Waals surface area contributed by atoms with E-state index in [1.165, 1.54) is 64.2 Å². The molecule has 0 aliphatic rings. The molecule has 0 unspecified atom stereocenters. The summed E-state index contributed by atoms with van der Waals surface area (Å²) < 4.78 is 11.2. The van der Waals surface area contributed by atoms with Gasteiger partial charge in [0.15, 0.2) is 0 Å². The van der Waals surface area contributed by atoms with Gasteiger partial charge in [0, 0.05) is 12.8 Å². The molecular weight excluding hydrogens is 424 g/mol. The van der Waals surface area contributed by atoms with Crippen LogP contribution in [0.4, 0.5) is 0 Å². The normalized spacial score (nSPS) is 11.0. The van der Waals surface area contributed by atoms with Crippen LogP contribution in [-0.2, 0) is 25.7 Å². The fourth-order valence-corrected chi connectivity index (χ4v) is 4.16. The van der Waals surface area contributed by atoms with Crippen molar-refractivity contribution in [1.82, 2.24) is 0 Å². The maximum atomic E-state index is 12.4. The highest BCUT2D eigenvalue weighted by molar-refractivity contribution is 5.70. The Balaban J connectivity index is 2.22. The molecule has 0 heterocycles. The molecular formula is C30H50O4. The smallest absolute Gasteiger partial charge is 0.306 e. The maximum absolute atomic E-state index is 12.4. The van der Waals surface area contributed by atoms with Crippen molar-refractivity contribution in [2.24, 2.45) is 0 Å². The van der Waals surface area contributed by atoms with Crippen molar-refractivity contribution < 1.29 is 19.1 Å². The predicted octanol–water partition coefficient (Wildman–Crippen LogP) is 8.70. The van der Waals surface area contributed by atoms with Gasteiger partial charge in [-0.3, -0.25) is 9.59 Å². The zero-order valence-corrected chi connectivity index (χ0v) is 22.0. The minimum Gasteiger partial charge on any atom is -0.462 e. The molecule has 0 radical (unpaired) electrons. The van der Waals surface area contributed by atoms with E-state index in [2.05, 4.69) is 13.8 Å². The number of unbranched alkanes of at least 4 members (excludes halogenated alkanes) is 11. The van der Waals surface area contributed by atoms with Gasteiger partial charge in [0.25, 0.3) is 0 Å². The lowest BCUT2D eigenvalue weighted by Gasteiger charge is -2.18. The average molecular weight is 475 g/mol. The number of rotatable bonds is 22. The van der Waals surface area contributed by atoms with E-state index in [1.54, 1.807) is 0 Å². The van der Waals surface area contributed by atoms with Crippen LogP contribution >= 0.6 is 0 Å². The largest absolute Gasteiger partial charge is 0.462 e. The van der Waals surface area contributed by atoms with Crippen LogP contribution in [0.15, 0.2) is 30.3 Å². The van der Waals surface area contributed by atoms with Gasteiger partial charge >= 0.3 is 11.9 Å². The lowest BCUT2D eigenvalue weighted by Crippen LogP contribution is -2.18. The maximum Gasteiger partial charge on any atom is 0.306 e. The molecule has 0 atom stereocenters. The fraction of sp³-hybridized carbons (Fsp3) is 0.733. The summed E-state index contributed by atoms with van der Waals surface area (Å²) in [6.07, 6.45) is 19.2. The third-order valence-electron chi connectivity index (χ3n) is 6.31. The van der Waals surface area contributed by atoms with Crippen molar-refractivity contribution in [3.63, 3.8) is 0 Å². The molecule has 34 heavy (non-hydrogen) atoms. The van der Waals surface area contributed by atoms with E-state index in [0.29, 0.717) is 32.3 Å². The number of hydrogen-bond acceptors (Lipinski definition) is 4. The average Bonchev–Trinajstić information content (AvgIpc) is 2.85. The van der Waals surface area contributed by atoms with Crippen LogP contribution in [0, 0.1) is 0 Å². The van der Waals surface area contributed by atoms with Gasteiger partial charge in [-0.15, -0.1) is 0 Å². The Morgan fingerprint density at radius 2 is 1.15 bits per heavy atom. The summed E-state index contributed by atoms with van der Waals surface area (Å²) in [5.74, 6) is -0.319. The van der Waals surface area contributed by atoms with E-state index in [0.717, 1.165) is 31.2 Å². The zero-order chi connectivity index (χ0) is 24.7. The van der Waals surface area contributed by atoms with E-state index in [1.807, 2.05) is 30.3 Å². The summed E-state index contributed by atoms with van der Waals surface area (Å²) in [5.41, 5.74) is 0.987. The van der Waals surface area contributed by atoms with Gasteiger partial charge < -0.3 is 9.47 Å². The second-order valence-corrected chi connectivity index (χ2v) is 9.58. The number of benzene rings is 1. The number of carbonyl (C=O) groups excluding carboxylic acids is 2.